The first kappa shape index (κ1) is 13.4. The maximum Gasteiger partial charge on any atom is 0.276 e. The summed E-state index contributed by atoms with van der Waals surface area (Å²) >= 11 is 0. The number of hydrogen-bond acceptors (Lipinski definition) is 3. The van der Waals surface area contributed by atoms with Crippen molar-refractivity contribution >= 4 is 16.2 Å². The van der Waals surface area contributed by atoms with Crippen LogP contribution in [0.3, 0.4) is 0 Å². The van der Waals surface area contributed by atoms with Crippen LogP contribution in [-0.2, 0) is 10.0 Å². The van der Waals surface area contributed by atoms with Gasteiger partial charge in [0.05, 0.1) is 16.8 Å². The van der Waals surface area contributed by atoms with Crippen LogP contribution >= 0.6 is 0 Å². The van der Waals surface area contributed by atoms with Gasteiger partial charge in [0.25, 0.3) is 10.0 Å². The van der Waals surface area contributed by atoms with Crippen molar-refractivity contribution in [2.24, 2.45) is 5.10 Å². The SMILES string of the molecule is Cc1ccc(C)c(S(=O)(=O)NN=Cc2ccc[nH]2)c1. The number of aryl methyl sites for hydroxylation is 2. The summed E-state index contributed by atoms with van der Waals surface area (Å²) in [5.41, 5.74) is 2.30. The smallest absolute Gasteiger partial charge is 0.276 e. The number of H-pyrrole nitrogens is 1. The maximum absolute atomic E-state index is 12.1. The average Bonchev–Trinajstić information content (AvgIpc) is 2.85. The fraction of sp³-hybridized carbons (Fsp3) is 0.154. The van der Waals surface area contributed by atoms with Crippen LogP contribution in [0.15, 0.2) is 46.5 Å². The molecule has 0 spiro atoms. The Kier molecular flexibility index (Phi) is 3.71. The van der Waals surface area contributed by atoms with Gasteiger partial charge in [0, 0.05) is 6.20 Å². The molecule has 2 N–H and O–H groups in total. The van der Waals surface area contributed by atoms with Gasteiger partial charge in [-0.05, 0) is 43.2 Å². The van der Waals surface area contributed by atoms with Gasteiger partial charge < -0.3 is 4.98 Å². The minimum absolute atomic E-state index is 0.246. The molecule has 0 aliphatic heterocycles. The summed E-state index contributed by atoms with van der Waals surface area (Å²) in [4.78, 5) is 5.35. The second-order valence-electron chi connectivity index (χ2n) is 4.25. The molecule has 0 unspecified atom stereocenters. The molecule has 0 bridgehead atoms. The molecular weight excluding hydrogens is 262 g/mol. The molecule has 2 rings (SSSR count). The molecule has 1 aromatic heterocycles. The number of aromatic nitrogens is 1. The largest absolute Gasteiger partial charge is 0.360 e. The Balaban J connectivity index is 2.21. The molecule has 0 atom stereocenters. The third kappa shape index (κ3) is 3.23. The van der Waals surface area contributed by atoms with Crippen LogP contribution in [0.1, 0.15) is 16.8 Å². The van der Waals surface area contributed by atoms with Gasteiger partial charge in [0.15, 0.2) is 0 Å². The van der Waals surface area contributed by atoms with Crippen molar-refractivity contribution in [2.45, 2.75) is 18.7 Å². The first-order valence-electron chi connectivity index (χ1n) is 5.74. The minimum Gasteiger partial charge on any atom is -0.360 e. The molecule has 1 heterocycles. The second-order valence-corrected chi connectivity index (χ2v) is 5.88. The molecule has 5 nitrogen and oxygen atoms in total. The van der Waals surface area contributed by atoms with E-state index in [2.05, 4.69) is 14.9 Å². The highest BCUT2D eigenvalue weighted by Crippen LogP contribution is 2.16. The summed E-state index contributed by atoms with van der Waals surface area (Å²) in [7, 11) is -3.63. The lowest BCUT2D eigenvalue weighted by molar-refractivity contribution is 0.584. The molecule has 0 amide bonds. The summed E-state index contributed by atoms with van der Waals surface area (Å²) in [5.74, 6) is 0. The van der Waals surface area contributed by atoms with E-state index in [1.165, 1.54) is 6.21 Å². The van der Waals surface area contributed by atoms with Crippen LogP contribution in [0.4, 0.5) is 0 Å². The standard InChI is InChI=1S/C13H15N3O2S/c1-10-5-6-11(2)13(8-10)19(17,18)16-15-9-12-4-3-7-14-12/h3-9,14,16H,1-2H3. The lowest BCUT2D eigenvalue weighted by Crippen LogP contribution is -2.19. The van der Waals surface area contributed by atoms with Crippen LogP contribution < -0.4 is 4.83 Å². The van der Waals surface area contributed by atoms with E-state index in [0.29, 0.717) is 5.56 Å². The van der Waals surface area contributed by atoms with E-state index in [9.17, 15) is 8.42 Å². The summed E-state index contributed by atoms with van der Waals surface area (Å²) in [5, 5.41) is 3.74. The summed E-state index contributed by atoms with van der Waals surface area (Å²) < 4.78 is 24.2. The minimum atomic E-state index is -3.63. The quantitative estimate of drug-likeness (QED) is 0.662. The lowest BCUT2D eigenvalue weighted by Gasteiger charge is -2.07. The predicted molar refractivity (Wildman–Crippen MR) is 74.6 cm³/mol. The molecule has 0 radical (unpaired) electrons. The number of nitrogens with one attached hydrogen (secondary N) is 2. The molecule has 6 heteroatoms. The van der Waals surface area contributed by atoms with Crippen LogP contribution in [-0.4, -0.2) is 19.6 Å². The average molecular weight is 277 g/mol. The molecule has 1 aromatic carbocycles. The van der Waals surface area contributed by atoms with E-state index >= 15 is 0 Å². The van der Waals surface area contributed by atoms with Crippen LogP contribution in [0, 0.1) is 13.8 Å². The molecule has 0 fully saturated rings. The van der Waals surface area contributed by atoms with Crippen molar-refractivity contribution in [3.8, 4) is 0 Å². The highest BCUT2D eigenvalue weighted by molar-refractivity contribution is 7.89. The zero-order valence-electron chi connectivity index (χ0n) is 10.7. The maximum atomic E-state index is 12.1. The fourth-order valence-corrected chi connectivity index (χ4v) is 2.76. The summed E-state index contributed by atoms with van der Waals surface area (Å²) in [6.45, 7) is 3.60. The Morgan fingerprint density at radius 1 is 1.26 bits per heavy atom. The first-order valence-corrected chi connectivity index (χ1v) is 7.23. The molecule has 0 aliphatic rings. The number of benzene rings is 1. The zero-order valence-corrected chi connectivity index (χ0v) is 11.5. The highest BCUT2D eigenvalue weighted by Gasteiger charge is 2.15. The Bertz CT molecular complexity index is 689. The van der Waals surface area contributed by atoms with Crippen molar-refractivity contribution < 1.29 is 8.42 Å². The van der Waals surface area contributed by atoms with Gasteiger partial charge in [-0.2, -0.15) is 18.4 Å². The molecule has 0 saturated heterocycles. The third-order valence-corrected chi connectivity index (χ3v) is 4.00. The normalized spacial score (nSPS) is 11.9. The molecule has 19 heavy (non-hydrogen) atoms. The number of hydrazone groups is 1. The Hall–Kier alpha value is -2.08. The van der Waals surface area contributed by atoms with E-state index in [4.69, 9.17) is 0 Å². The van der Waals surface area contributed by atoms with E-state index in [-0.39, 0.29) is 4.90 Å². The van der Waals surface area contributed by atoms with Crippen molar-refractivity contribution in [3.05, 3.63) is 53.3 Å². The summed E-state index contributed by atoms with van der Waals surface area (Å²) in [6.07, 6.45) is 3.16. The highest BCUT2D eigenvalue weighted by atomic mass is 32.2. The van der Waals surface area contributed by atoms with Crippen molar-refractivity contribution in [3.63, 3.8) is 0 Å². The van der Waals surface area contributed by atoms with Crippen LogP contribution in [0.5, 0.6) is 0 Å². The number of rotatable bonds is 4. The van der Waals surface area contributed by atoms with Gasteiger partial charge >= 0.3 is 0 Å². The fourth-order valence-electron chi connectivity index (χ4n) is 1.64. The molecular formula is C13H15N3O2S. The topological polar surface area (TPSA) is 74.3 Å². The van der Waals surface area contributed by atoms with Crippen LogP contribution in [0.2, 0.25) is 0 Å². The van der Waals surface area contributed by atoms with Gasteiger partial charge in [-0.3, -0.25) is 0 Å². The van der Waals surface area contributed by atoms with Crippen molar-refractivity contribution in [1.82, 2.24) is 9.82 Å². The molecule has 100 valence electrons. The van der Waals surface area contributed by atoms with E-state index in [1.807, 2.05) is 13.0 Å². The van der Waals surface area contributed by atoms with Gasteiger partial charge in [-0.15, -0.1) is 0 Å². The van der Waals surface area contributed by atoms with Crippen LogP contribution in [0.25, 0.3) is 0 Å². The Labute approximate surface area is 112 Å². The molecule has 0 aliphatic carbocycles. The monoisotopic (exact) mass is 277 g/mol. The van der Waals surface area contributed by atoms with Gasteiger partial charge in [-0.25, -0.2) is 0 Å². The van der Waals surface area contributed by atoms with Gasteiger partial charge in [-0.1, -0.05) is 12.1 Å². The second kappa shape index (κ2) is 5.27. The lowest BCUT2D eigenvalue weighted by atomic mass is 10.2. The number of hydrogen-bond donors (Lipinski definition) is 2. The first-order chi connectivity index (χ1) is 8.99. The van der Waals surface area contributed by atoms with Crippen molar-refractivity contribution in [1.29, 1.82) is 0 Å². The molecule has 0 saturated carbocycles. The van der Waals surface area contributed by atoms with E-state index in [0.717, 1.165) is 11.3 Å². The number of aromatic amines is 1. The molecule has 2 aromatic rings. The van der Waals surface area contributed by atoms with E-state index < -0.39 is 10.0 Å². The Morgan fingerprint density at radius 3 is 2.74 bits per heavy atom. The van der Waals surface area contributed by atoms with E-state index in [1.54, 1.807) is 37.4 Å². The Morgan fingerprint density at radius 2 is 2.05 bits per heavy atom. The number of sulfonamides is 1. The van der Waals surface area contributed by atoms with Crippen molar-refractivity contribution in [2.75, 3.05) is 0 Å². The zero-order chi connectivity index (χ0) is 13.9. The number of nitrogens with zero attached hydrogens (tertiary/aromatic N) is 1. The van der Waals surface area contributed by atoms with Gasteiger partial charge in [0.1, 0.15) is 0 Å². The van der Waals surface area contributed by atoms with Gasteiger partial charge in [0.2, 0.25) is 0 Å². The predicted octanol–water partition coefficient (Wildman–Crippen LogP) is 1.94. The third-order valence-electron chi connectivity index (χ3n) is 2.63. The summed E-state index contributed by atoms with van der Waals surface area (Å²) in [6, 6.07) is 8.87.